The number of phenols is 2. The average molecular weight is 418 g/mol. The summed E-state index contributed by atoms with van der Waals surface area (Å²) in [6, 6.07) is 2.47. The van der Waals surface area contributed by atoms with Crippen LogP contribution in [0.25, 0.3) is 0 Å². The highest BCUT2D eigenvalue weighted by atomic mass is 16.5. The molecule has 2 fully saturated rings. The van der Waals surface area contributed by atoms with Crippen molar-refractivity contribution < 1.29 is 35.1 Å². The molecule has 0 aliphatic heterocycles. The van der Waals surface area contributed by atoms with Crippen molar-refractivity contribution in [2.24, 2.45) is 22.7 Å². The Morgan fingerprint density at radius 2 is 1.87 bits per heavy atom. The summed E-state index contributed by atoms with van der Waals surface area (Å²) in [6.07, 6.45) is 2.92. The highest BCUT2D eigenvalue weighted by Gasteiger charge is 2.72. The molecule has 1 unspecified atom stereocenters. The van der Waals surface area contributed by atoms with E-state index in [2.05, 4.69) is 0 Å². The van der Waals surface area contributed by atoms with Gasteiger partial charge in [0, 0.05) is 24.5 Å². The normalized spacial score (nSPS) is 39.5. The number of ether oxygens (including phenoxy) is 1. The number of hydrogen-bond donors (Lipinski definition) is 5. The van der Waals surface area contributed by atoms with E-state index in [1.165, 1.54) is 6.07 Å². The fraction of sp³-hybridized carbons (Fsp3) is 0.609. The van der Waals surface area contributed by atoms with Crippen LogP contribution >= 0.6 is 0 Å². The molecule has 1 aromatic rings. The maximum absolute atomic E-state index is 12.9. The number of aliphatic hydroxyl groups excluding tert-OH is 2. The standard InChI is InChI=1S/C23H30O7/c1-12-4-15(26)6-17(27)19(12)20(28)30-18-9-23(29)14(10-24)5-13-7-21(2,11-25)8-16(13)22(18,23)3/h4-6,13,16,18,24-27,29H,7-11H2,1-3H3/t13-,16-,18?,21+,22+,23-/m1/s1. The maximum Gasteiger partial charge on any atom is 0.342 e. The molecule has 3 aliphatic carbocycles. The van der Waals surface area contributed by atoms with E-state index in [9.17, 15) is 30.3 Å². The molecule has 30 heavy (non-hydrogen) atoms. The van der Waals surface area contributed by atoms with E-state index in [-0.39, 0.29) is 53.9 Å². The number of benzene rings is 1. The zero-order valence-corrected chi connectivity index (χ0v) is 17.6. The van der Waals surface area contributed by atoms with Crippen molar-refractivity contribution in [2.75, 3.05) is 13.2 Å². The average Bonchev–Trinajstić information content (AvgIpc) is 3.01. The summed E-state index contributed by atoms with van der Waals surface area (Å²) >= 11 is 0. The van der Waals surface area contributed by atoms with E-state index < -0.39 is 23.1 Å². The second kappa shape index (κ2) is 6.70. The van der Waals surface area contributed by atoms with Crippen LogP contribution in [-0.4, -0.2) is 56.4 Å². The largest absolute Gasteiger partial charge is 0.508 e. The van der Waals surface area contributed by atoms with Crippen molar-refractivity contribution in [3.63, 3.8) is 0 Å². The minimum atomic E-state index is -1.28. The molecule has 4 rings (SSSR count). The van der Waals surface area contributed by atoms with Gasteiger partial charge in [0.05, 0.1) is 6.61 Å². The molecule has 1 aromatic carbocycles. The molecule has 0 radical (unpaired) electrons. The van der Waals surface area contributed by atoms with E-state index in [1.54, 1.807) is 6.92 Å². The fourth-order valence-corrected chi connectivity index (χ4v) is 6.24. The molecule has 0 spiro atoms. The number of allylic oxidation sites excluding steroid dienone is 1. The van der Waals surface area contributed by atoms with Gasteiger partial charge in [0.1, 0.15) is 28.8 Å². The topological polar surface area (TPSA) is 127 Å². The molecular formula is C23H30O7. The van der Waals surface area contributed by atoms with Crippen molar-refractivity contribution in [3.8, 4) is 11.5 Å². The highest BCUT2D eigenvalue weighted by Crippen LogP contribution is 2.68. The first-order valence-electron chi connectivity index (χ1n) is 10.4. The molecule has 0 saturated heterocycles. The van der Waals surface area contributed by atoms with E-state index in [4.69, 9.17) is 4.74 Å². The Balaban J connectivity index is 1.66. The maximum atomic E-state index is 12.9. The molecule has 5 N–H and O–H groups in total. The lowest BCUT2D eigenvalue weighted by atomic mass is 9.44. The van der Waals surface area contributed by atoms with Gasteiger partial charge in [-0.2, -0.15) is 0 Å². The van der Waals surface area contributed by atoms with E-state index in [0.717, 1.165) is 12.5 Å². The van der Waals surface area contributed by atoms with E-state index >= 15 is 0 Å². The number of aryl methyl sites for hydroxylation is 1. The number of esters is 1. The summed E-state index contributed by atoms with van der Waals surface area (Å²) in [5, 5.41) is 51.0. The minimum absolute atomic E-state index is 0.0104. The molecule has 164 valence electrons. The molecule has 2 saturated carbocycles. The van der Waals surface area contributed by atoms with Gasteiger partial charge in [0.15, 0.2) is 0 Å². The lowest BCUT2D eigenvalue weighted by Crippen LogP contribution is -2.72. The van der Waals surface area contributed by atoms with Crippen LogP contribution in [0.15, 0.2) is 23.8 Å². The Hall–Kier alpha value is -2.09. The zero-order valence-electron chi connectivity index (χ0n) is 17.6. The van der Waals surface area contributed by atoms with Gasteiger partial charge in [-0.25, -0.2) is 4.79 Å². The fourth-order valence-electron chi connectivity index (χ4n) is 6.24. The molecule has 0 amide bonds. The number of aliphatic hydroxyl groups is 3. The van der Waals surface area contributed by atoms with Gasteiger partial charge in [-0.3, -0.25) is 0 Å². The monoisotopic (exact) mass is 418 g/mol. The van der Waals surface area contributed by atoms with Crippen molar-refractivity contribution in [1.29, 1.82) is 0 Å². The van der Waals surface area contributed by atoms with Gasteiger partial charge < -0.3 is 30.3 Å². The van der Waals surface area contributed by atoms with Crippen LogP contribution in [0, 0.1) is 29.6 Å². The first-order chi connectivity index (χ1) is 14.0. The van der Waals surface area contributed by atoms with Crippen LogP contribution in [0.3, 0.4) is 0 Å². The second-order valence-corrected chi connectivity index (χ2v) is 9.90. The van der Waals surface area contributed by atoms with Gasteiger partial charge in [-0.15, -0.1) is 0 Å². The lowest BCUT2D eigenvalue weighted by molar-refractivity contribution is -0.249. The third-order valence-corrected chi connectivity index (χ3v) is 8.02. The molecule has 7 heteroatoms. The lowest BCUT2D eigenvalue weighted by Gasteiger charge is -2.65. The van der Waals surface area contributed by atoms with Crippen LogP contribution in [0.2, 0.25) is 0 Å². The summed E-state index contributed by atoms with van der Waals surface area (Å²) in [5.41, 5.74) is -1.46. The minimum Gasteiger partial charge on any atom is -0.508 e. The first-order valence-corrected chi connectivity index (χ1v) is 10.4. The van der Waals surface area contributed by atoms with E-state index in [1.807, 2.05) is 19.9 Å². The molecule has 3 aliphatic rings. The number of aromatic hydroxyl groups is 2. The van der Waals surface area contributed by atoms with Crippen LogP contribution in [0.1, 0.15) is 49.0 Å². The smallest absolute Gasteiger partial charge is 0.342 e. The van der Waals surface area contributed by atoms with Gasteiger partial charge in [0.2, 0.25) is 0 Å². The van der Waals surface area contributed by atoms with Gasteiger partial charge in [-0.05, 0) is 54.2 Å². The Bertz CT molecular complexity index is 901. The summed E-state index contributed by atoms with van der Waals surface area (Å²) in [7, 11) is 0. The van der Waals surface area contributed by atoms with Crippen molar-refractivity contribution in [3.05, 3.63) is 34.9 Å². The number of carbonyl (C=O) groups excluding carboxylic acids is 1. The second-order valence-electron chi connectivity index (χ2n) is 9.90. The highest BCUT2D eigenvalue weighted by molar-refractivity contribution is 5.94. The molecule has 0 bridgehead atoms. The van der Waals surface area contributed by atoms with E-state index in [0.29, 0.717) is 17.6 Å². The van der Waals surface area contributed by atoms with Crippen molar-refractivity contribution >= 4 is 5.97 Å². The van der Waals surface area contributed by atoms with Crippen LogP contribution < -0.4 is 0 Å². The van der Waals surface area contributed by atoms with Gasteiger partial charge in [0.25, 0.3) is 0 Å². The summed E-state index contributed by atoms with van der Waals surface area (Å²) in [5.74, 6) is -1.16. The molecular weight excluding hydrogens is 388 g/mol. The summed E-state index contributed by atoms with van der Waals surface area (Å²) < 4.78 is 5.80. The Kier molecular flexibility index (Phi) is 4.73. The number of fused-ring (bicyclic) bond motifs is 3. The summed E-state index contributed by atoms with van der Waals surface area (Å²) in [6.45, 7) is 5.26. The third-order valence-electron chi connectivity index (χ3n) is 8.02. The Labute approximate surface area is 175 Å². The number of carbonyl (C=O) groups is 1. The van der Waals surface area contributed by atoms with Crippen LogP contribution in [0.4, 0.5) is 0 Å². The van der Waals surface area contributed by atoms with Gasteiger partial charge in [-0.1, -0.05) is 19.9 Å². The SMILES string of the molecule is Cc1cc(O)cc(O)c1C(=O)OC1C[C@@]2(O)C(CO)=C[C@@H]3C[C@](C)(CO)C[C@H]3[C@@]12C. The summed E-state index contributed by atoms with van der Waals surface area (Å²) in [4.78, 5) is 12.9. The van der Waals surface area contributed by atoms with Crippen molar-refractivity contribution in [2.45, 2.75) is 51.7 Å². The Morgan fingerprint density at radius 3 is 2.47 bits per heavy atom. The van der Waals surface area contributed by atoms with Crippen molar-refractivity contribution in [1.82, 2.24) is 0 Å². The quantitative estimate of drug-likeness (QED) is 0.374. The molecule has 6 atom stereocenters. The number of rotatable bonds is 4. The predicted octanol–water partition coefficient (Wildman–Crippen LogP) is 2.03. The zero-order chi connectivity index (χ0) is 22.1. The Morgan fingerprint density at radius 1 is 1.17 bits per heavy atom. The van der Waals surface area contributed by atoms with Crippen LogP contribution in [0.5, 0.6) is 11.5 Å². The first kappa shape index (κ1) is 21.2. The number of phenolic OH excluding ortho intramolecular Hbond substituents is 2. The molecule has 7 nitrogen and oxygen atoms in total. The molecule has 0 aromatic heterocycles. The number of hydrogen-bond acceptors (Lipinski definition) is 7. The third kappa shape index (κ3) is 2.72. The predicted molar refractivity (Wildman–Crippen MR) is 108 cm³/mol. The van der Waals surface area contributed by atoms with Gasteiger partial charge >= 0.3 is 5.97 Å². The van der Waals surface area contributed by atoms with Crippen LogP contribution in [-0.2, 0) is 4.74 Å². The molecule has 0 heterocycles.